The van der Waals surface area contributed by atoms with Gasteiger partial charge in [-0.05, 0) is 43.6 Å². The highest BCUT2D eigenvalue weighted by atomic mass is 15.1. The fourth-order valence-corrected chi connectivity index (χ4v) is 4.05. The van der Waals surface area contributed by atoms with E-state index in [-0.39, 0.29) is 0 Å². The third-order valence-corrected chi connectivity index (χ3v) is 5.01. The van der Waals surface area contributed by atoms with Crippen LogP contribution in [0.15, 0.2) is 54.6 Å². The Morgan fingerprint density at radius 3 is 2.19 bits per heavy atom. The Labute approximate surface area is 128 Å². The highest BCUT2D eigenvalue weighted by Gasteiger charge is 2.36. The maximum atomic E-state index is 2.40. The first-order chi connectivity index (χ1) is 10.2. The van der Waals surface area contributed by atoms with E-state index in [1.54, 1.807) is 5.56 Å². The summed E-state index contributed by atoms with van der Waals surface area (Å²) in [7, 11) is 4.43. The zero-order valence-electron chi connectivity index (χ0n) is 13.3. The Kier molecular flexibility index (Phi) is 4.12. The lowest BCUT2D eigenvalue weighted by atomic mass is 9.89. The van der Waals surface area contributed by atoms with Gasteiger partial charge in [0.05, 0.1) is 0 Å². The fourth-order valence-electron chi connectivity index (χ4n) is 4.05. The van der Waals surface area contributed by atoms with Crippen molar-refractivity contribution in [2.45, 2.75) is 37.6 Å². The molecule has 1 aliphatic carbocycles. The van der Waals surface area contributed by atoms with E-state index >= 15 is 0 Å². The summed E-state index contributed by atoms with van der Waals surface area (Å²) in [4.78, 5) is 2.40. The average Bonchev–Trinajstić information content (AvgIpc) is 2.88. The zero-order valence-corrected chi connectivity index (χ0v) is 13.3. The van der Waals surface area contributed by atoms with Crippen molar-refractivity contribution in [2.24, 2.45) is 0 Å². The molecule has 0 aliphatic heterocycles. The first kappa shape index (κ1) is 14.3. The van der Waals surface area contributed by atoms with Crippen molar-refractivity contribution in [3.05, 3.63) is 71.3 Å². The molecule has 0 heterocycles. The second kappa shape index (κ2) is 6.03. The van der Waals surface area contributed by atoms with Crippen molar-refractivity contribution in [1.82, 2.24) is 4.90 Å². The second-order valence-electron chi connectivity index (χ2n) is 6.37. The van der Waals surface area contributed by atoms with Gasteiger partial charge in [0.15, 0.2) is 0 Å². The molecule has 1 heteroatoms. The number of hydrogen-bond acceptors (Lipinski definition) is 1. The van der Waals surface area contributed by atoms with Crippen molar-refractivity contribution >= 4 is 0 Å². The van der Waals surface area contributed by atoms with E-state index in [0.717, 1.165) is 0 Å². The van der Waals surface area contributed by atoms with Gasteiger partial charge in [-0.2, -0.15) is 0 Å². The molecule has 2 aromatic carbocycles. The maximum absolute atomic E-state index is 2.40. The molecule has 0 spiro atoms. The molecule has 0 saturated carbocycles. The lowest BCUT2D eigenvalue weighted by Crippen LogP contribution is -2.32. The Morgan fingerprint density at radius 1 is 0.952 bits per heavy atom. The molecule has 0 radical (unpaired) electrons. The summed E-state index contributed by atoms with van der Waals surface area (Å²) in [5, 5.41) is 0. The van der Waals surface area contributed by atoms with E-state index in [1.807, 2.05) is 0 Å². The minimum Gasteiger partial charge on any atom is -0.306 e. The molecular weight excluding hydrogens is 254 g/mol. The Morgan fingerprint density at radius 2 is 1.57 bits per heavy atom. The minimum absolute atomic E-state index is 0.557. The summed E-state index contributed by atoms with van der Waals surface area (Å²) in [6, 6.07) is 20.7. The SMILES string of the molecule is CCC(C1CC(c2ccccc2)c2ccccc21)N(C)C. The maximum Gasteiger partial charge on any atom is 0.0156 e. The zero-order chi connectivity index (χ0) is 14.8. The smallest absolute Gasteiger partial charge is 0.0156 e. The molecule has 2 aromatic rings. The van der Waals surface area contributed by atoms with Gasteiger partial charge in [-0.15, -0.1) is 0 Å². The standard InChI is InChI=1S/C20H25N/c1-4-20(21(2)3)19-14-18(15-10-6-5-7-11-15)16-12-8-9-13-17(16)19/h5-13,18-20H,4,14H2,1-3H3. The molecule has 110 valence electrons. The lowest BCUT2D eigenvalue weighted by Gasteiger charge is -2.30. The molecule has 3 unspecified atom stereocenters. The second-order valence-corrected chi connectivity index (χ2v) is 6.37. The van der Waals surface area contributed by atoms with Gasteiger partial charge >= 0.3 is 0 Å². The van der Waals surface area contributed by atoms with Crippen molar-refractivity contribution < 1.29 is 0 Å². The summed E-state index contributed by atoms with van der Waals surface area (Å²) < 4.78 is 0. The van der Waals surface area contributed by atoms with E-state index in [2.05, 4.69) is 80.5 Å². The molecule has 0 saturated heterocycles. The quantitative estimate of drug-likeness (QED) is 0.787. The predicted molar refractivity (Wildman–Crippen MR) is 89.9 cm³/mol. The van der Waals surface area contributed by atoms with Crippen LogP contribution in [0.1, 0.15) is 48.3 Å². The molecule has 3 rings (SSSR count). The van der Waals surface area contributed by atoms with Crippen molar-refractivity contribution in [2.75, 3.05) is 14.1 Å². The van der Waals surface area contributed by atoms with E-state index in [9.17, 15) is 0 Å². The normalized spacial score (nSPS) is 22.3. The van der Waals surface area contributed by atoms with Crippen LogP contribution in [0.2, 0.25) is 0 Å². The number of hydrogen-bond donors (Lipinski definition) is 0. The minimum atomic E-state index is 0.557. The predicted octanol–water partition coefficient (Wildman–Crippen LogP) is 4.65. The van der Waals surface area contributed by atoms with Gasteiger partial charge in [-0.1, -0.05) is 61.5 Å². The van der Waals surface area contributed by atoms with Gasteiger partial charge in [0, 0.05) is 17.9 Å². The third-order valence-electron chi connectivity index (χ3n) is 5.01. The topological polar surface area (TPSA) is 3.24 Å². The van der Waals surface area contributed by atoms with Crippen LogP contribution in [0, 0.1) is 0 Å². The molecular formula is C20H25N. The molecule has 0 bridgehead atoms. The van der Waals surface area contributed by atoms with Crippen LogP contribution in [0.5, 0.6) is 0 Å². The van der Waals surface area contributed by atoms with Crippen molar-refractivity contribution in [1.29, 1.82) is 0 Å². The van der Waals surface area contributed by atoms with Crippen LogP contribution < -0.4 is 0 Å². The molecule has 1 nitrogen and oxygen atoms in total. The molecule has 0 amide bonds. The van der Waals surface area contributed by atoms with E-state index in [0.29, 0.717) is 17.9 Å². The van der Waals surface area contributed by atoms with E-state index < -0.39 is 0 Å². The summed E-state index contributed by atoms with van der Waals surface area (Å²) in [6.07, 6.45) is 2.44. The van der Waals surface area contributed by atoms with Gasteiger partial charge in [0.1, 0.15) is 0 Å². The van der Waals surface area contributed by atoms with Crippen LogP contribution in [-0.4, -0.2) is 25.0 Å². The first-order valence-electron chi connectivity index (χ1n) is 8.02. The molecule has 21 heavy (non-hydrogen) atoms. The van der Waals surface area contributed by atoms with Gasteiger partial charge in [-0.25, -0.2) is 0 Å². The highest BCUT2D eigenvalue weighted by molar-refractivity contribution is 5.45. The van der Waals surface area contributed by atoms with Gasteiger partial charge in [0.25, 0.3) is 0 Å². The molecule has 1 aliphatic rings. The summed E-state index contributed by atoms with van der Waals surface area (Å²) in [6.45, 7) is 2.31. The number of rotatable bonds is 4. The molecule has 0 N–H and O–H groups in total. The highest BCUT2D eigenvalue weighted by Crippen LogP contribution is 2.47. The monoisotopic (exact) mass is 279 g/mol. The lowest BCUT2D eigenvalue weighted by molar-refractivity contribution is 0.242. The molecule has 3 atom stereocenters. The van der Waals surface area contributed by atoms with Crippen LogP contribution in [0.3, 0.4) is 0 Å². The van der Waals surface area contributed by atoms with Crippen LogP contribution in [0.4, 0.5) is 0 Å². The van der Waals surface area contributed by atoms with Crippen LogP contribution in [-0.2, 0) is 0 Å². The van der Waals surface area contributed by atoms with Crippen LogP contribution >= 0.6 is 0 Å². The Bertz CT molecular complexity index is 588. The van der Waals surface area contributed by atoms with E-state index in [1.165, 1.54) is 24.0 Å². The third kappa shape index (κ3) is 2.63. The molecule has 0 aromatic heterocycles. The summed E-state index contributed by atoms with van der Waals surface area (Å²) in [5.41, 5.74) is 4.56. The Hall–Kier alpha value is -1.60. The Balaban J connectivity index is 2.01. The number of fused-ring (bicyclic) bond motifs is 1. The van der Waals surface area contributed by atoms with E-state index in [4.69, 9.17) is 0 Å². The summed E-state index contributed by atoms with van der Waals surface area (Å²) in [5.74, 6) is 1.20. The summed E-state index contributed by atoms with van der Waals surface area (Å²) >= 11 is 0. The largest absolute Gasteiger partial charge is 0.306 e. The van der Waals surface area contributed by atoms with Crippen LogP contribution in [0.25, 0.3) is 0 Å². The van der Waals surface area contributed by atoms with Gasteiger partial charge in [-0.3, -0.25) is 0 Å². The first-order valence-corrected chi connectivity index (χ1v) is 8.02. The van der Waals surface area contributed by atoms with Gasteiger partial charge in [0.2, 0.25) is 0 Å². The fraction of sp³-hybridized carbons (Fsp3) is 0.400. The number of benzene rings is 2. The van der Waals surface area contributed by atoms with Crippen molar-refractivity contribution in [3.63, 3.8) is 0 Å². The van der Waals surface area contributed by atoms with Gasteiger partial charge < -0.3 is 4.90 Å². The number of nitrogens with zero attached hydrogens (tertiary/aromatic N) is 1. The van der Waals surface area contributed by atoms with Crippen molar-refractivity contribution in [3.8, 4) is 0 Å². The molecule has 0 fully saturated rings. The number of likely N-dealkylation sites (N-methyl/N-ethyl adjacent to an activating group) is 1. The average molecular weight is 279 g/mol.